The summed E-state index contributed by atoms with van der Waals surface area (Å²) in [7, 11) is 0. The molecule has 0 unspecified atom stereocenters. The minimum atomic E-state index is -4.68. The van der Waals surface area contributed by atoms with E-state index in [0.29, 0.717) is 0 Å². The number of hydrogen-bond donors (Lipinski definition) is 2. The zero-order chi connectivity index (χ0) is 21.2. The number of halogens is 5. The number of nitrogens with zero attached hydrogens (tertiary/aromatic N) is 2. The maximum atomic E-state index is 13.5. The normalized spacial score (nSPS) is 19.4. The van der Waals surface area contributed by atoms with Gasteiger partial charge in [0.1, 0.15) is 23.7 Å². The van der Waals surface area contributed by atoms with Gasteiger partial charge < -0.3 is 14.7 Å². The van der Waals surface area contributed by atoms with Gasteiger partial charge in [-0.1, -0.05) is 6.07 Å². The number of nitrogens with one attached hydrogen (secondary N) is 1. The van der Waals surface area contributed by atoms with E-state index in [1.165, 1.54) is 30.3 Å². The molecule has 1 aliphatic heterocycles. The fourth-order valence-corrected chi connectivity index (χ4v) is 3.00. The van der Waals surface area contributed by atoms with Gasteiger partial charge in [0, 0.05) is 24.7 Å². The number of rotatable bonds is 5. The highest BCUT2D eigenvalue weighted by molar-refractivity contribution is 6.13. The summed E-state index contributed by atoms with van der Waals surface area (Å²) in [5, 5.41) is 9.47. The van der Waals surface area contributed by atoms with E-state index in [-0.39, 0.29) is 42.4 Å². The fraction of sp³-hybridized carbons (Fsp3) is 0.333. The number of β-amino-alcohol motifs (C(OH)–C–C–N with tert-alkyl or cyclic N) is 1. The van der Waals surface area contributed by atoms with Crippen molar-refractivity contribution >= 4 is 17.7 Å². The Morgan fingerprint density at radius 2 is 2.07 bits per heavy atom. The molecule has 0 spiro atoms. The lowest BCUT2D eigenvalue weighted by Crippen LogP contribution is -2.29. The number of aliphatic hydroxyl groups excluding tert-OH is 1. The summed E-state index contributed by atoms with van der Waals surface area (Å²) in [6.45, 7) is -0.437. The van der Waals surface area contributed by atoms with Crippen molar-refractivity contribution in [3.8, 4) is 11.6 Å². The predicted molar refractivity (Wildman–Crippen MR) is 95.3 cm³/mol. The third kappa shape index (κ3) is 5.14. The Bertz CT molecular complexity index is 887. The Labute approximate surface area is 168 Å². The first-order chi connectivity index (χ1) is 13.7. The van der Waals surface area contributed by atoms with Crippen molar-refractivity contribution < 1.29 is 32.2 Å². The highest BCUT2D eigenvalue weighted by Crippen LogP contribution is 2.31. The fourth-order valence-electron chi connectivity index (χ4n) is 2.84. The zero-order valence-electron chi connectivity index (χ0n) is 14.8. The summed E-state index contributed by atoms with van der Waals surface area (Å²) in [6.07, 6.45) is -7.46. The number of ether oxygens (including phenoxy) is 1. The second-order valence-electron chi connectivity index (χ2n) is 6.43. The molecule has 156 valence electrons. The Hall–Kier alpha value is -2.43. The molecule has 2 atom stereocenters. The largest absolute Gasteiger partial charge is 0.439 e. The number of carbonyl (C=O) groups is 1. The summed E-state index contributed by atoms with van der Waals surface area (Å²) in [5.74, 6) is -0.783. The van der Waals surface area contributed by atoms with Crippen molar-refractivity contribution in [1.82, 2.24) is 14.7 Å². The number of aliphatic hydroxyl groups is 1. The standard InChI is InChI=1S/C18H16ClF4N3O3/c19-24-7-10-4-15(18(21,22)23)25-16(5-10)29-12-3-1-2-11(6-12)17(28)26-8-13(20)14(27)9-26/h1-6,13-14,24,27H,7-9H2/t13-,14-/m0/s1. The molecular formula is C18H16ClF4N3O3. The van der Waals surface area contributed by atoms with Gasteiger partial charge in [-0.3, -0.25) is 4.79 Å². The van der Waals surface area contributed by atoms with Gasteiger partial charge in [0.15, 0.2) is 0 Å². The van der Waals surface area contributed by atoms with E-state index in [9.17, 15) is 27.5 Å². The maximum Gasteiger partial charge on any atom is 0.433 e. The lowest BCUT2D eigenvalue weighted by atomic mass is 10.2. The van der Waals surface area contributed by atoms with Crippen LogP contribution in [0.25, 0.3) is 0 Å². The summed E-state index contributed by atoms with van der Waals surface area (Å²) in [5.41, 5.74) is -0.813. The van der Waals surface area contributed by atoms with Gasteiger partial charge in [-0.15, -0.1) is 0 Å². The summed E-state index contributed by atoms with van der Waals surface area (Å²) < 4.78 is 58.1. The SMILES string of the molecule is O=C(c1cccc(Oc2cc(CNCl)cc(C(F)(F)F)n2)c1)N1C[C@H](O)[C@@H](F)C1. The molecule has 0 aliphatic carbocycles. The van der Waals surface area contributed by atoms with Crippen LogP contribution >= 0.6 is 11.8 Å². The van der Waals surface area contributed by atoms with E-state index >= 15 is 0 Å². The van der Waals surface area contributed by atoms with Crippen LogP contribution in [0.4, 0.5) is 17.6 Å². The van der Waals surface area contributed by atoms with Crippen LogP contribution in [-0.4, -0.2) is 46.3 Å². The topological polar surface area (TPSA) is 74.7 Å². The van der Waals surface area contributed by atoms with E-state index in [1.807, 2.05) is 0 Å². The van der Waals surface area contributed by atoms with Gasteiger partial charge in [-0.05, 0) is 41.6 Å². The van der Waals surface area contributed by atoms with Crippen LogP contribution in [0.3, 0.4) is 0 Å². The Balaban J connectivity index is 1.83. The van der Waals surface area contributed by atoms with Gasteiger partial charge in [0.2, 0.25) is 5.88 Å². The number of carbonyl (C=O) groups excluding carboxylic acids is 1. The molecule has 1 saturated heterocycles. The van der Waals surface area contributed by atoms with Crippen LogP contribution in [0.15, 0.2) is 36.4 Å². The highest BCUT2D eigenvalue weighted by Gasteiger charge is 2.35. The number of amides is 1. The summed E-state index contributed by atoms with van der Waals surface area (Å²) in [4.78, 5) is 19.3. The smallest absolute Gasteiger partial charge is 0.433 e. The van der Waals surface area contributed by atoms with Crippen LogP contribution in [-0.2, 0) is 12.7 Å². The molecule has 11 heteroatoms. The molecule has 29 heavy (non-hydrogen) atoms. The molecule has 1 aromatic heterocycles. The Morgan fingerprint density at radius 3 is 2.69 bits per heavy atom. The van der Waals surface area contributed by atoms with Crippen molar-refractivity contribution in [2.75, 3.05) is 13.1 Å². The second-order valence-corrected chi connectivity index (χ2v) is 6.70. The molecule has 6 nitrogen and oxygen atoms in total. The van der Waals surface area contributed by atoms with E-state index in [2.05, 4.69) is 9.82 Å². The average Bonchev–Trinajstić information content (AvgIpc) is 2.99. The van der Waals surface area contributed by atoms with Gasteiger partial charge in [-0.25, -0.2) is 14.2 Å². The quantitative estimate of drug-likeness (QED) is 0.559. The zero-order valence-corrected chi connectivity index (χ0v) is 15.5. The van der Waals surface area contributed by atoms with Crippen molar-refractivity contribution in [3.63, 3.8) is 0 Å². The Morgan fingerprint density at radius 1 is 1.31 bits per heavy atom. The molecule has 1 amide bonds. The monoisotopic (exact) mass is 433 g/mol. The predicted octanol–water partition coefficient (Wildman–Crippen LogP) is 3.29. The molecule has 2 heterocycles. The number of benzene rings is 1. The molecule has 2 aromatic rings. The van der Waals surface area contributed by atoms with Crippen molar-refractivity contribution in [2.45, 2.75) is 25.0 Å². The van der Waals surface area contributed by atoms with Crippen molar-refractivity contribution in [2.24, 2.45) is 0 Å². The number of likely N-dealkylation sites (tertiary alicyclic amines) is 1. The van der Waals surface area contributed by atoms with Crippen LogP contribution in [0, 0.1) is 0 Å². The van der Waals surface area contributed by atoms with E-state index in [0.717, 1.165) is 11.0 Å². The lowest BCUT2D eigenvalue weighted by Gasteiger charge is -2.16. The first-order valence-corrected chi connectivity index (χ1v) is 8.86. The molecular weight excluding hydrogens is 418 g/mol. The van der Waals surface area contributed by atoms with Crippen LogP contribution in [0.1, 0.15) is 21.6 Å². The van der Waals surface area contributed by atoms with Gasteiger partial charge >= 0.3 is 6.18 Å². The number of hydrogen-bond acceptors (Lipinski definition) is 5. The second kappa shape index (κ2) is 8.52. The highest BCUT2D eigenvalue weighted by atomic mass is 35.5. The van der Waals surface area contributed by atoms with E-state index in [4.69, 9.17) is 16.5 Å². The van der Waals surface area contributed by atoms with Crippen LogP contribution < -0.4 is 9.57 Å². The molecule has 1 fully saturated rings. The number of pyridine rings is 1. The lowest BCUT2D eigenvalue weighted by molar-refractivity contribution is -0.141. The van der Waals surface area contributed by atoms with Crippen molar-refractivity contribution in [3.05, 3.63) is 53.2 Å². The number of alkyl halides is 4. The molecule has 3 rings (SSSR count). The minimum absolute atomic E-state index is 0.0519. The maximum absolute atomic E-state index is 13.5. The average molecular weight is 434 g/mol. The summed E-state index contributed by atoms with van der Waals surface area (Å²) in [6, 6.07) is 7.79. The molecule has 0 saturated carbocycles. The molecule has 2 N–H and O–H groups in total. The van der Waals surface area contributed by atoms with E-state index in [1.54, 1.807) is 0 Å². The van der Waals surface area contributed by atoms with Gasteiger partial charge in [0.25, 0.3) is 5.91 Å². The molecule has 0 bridgehead atoms. The third-order valence-corrected chi connectivity index (χ3v) is 4.37. The van der Waals surface area contributed by atoms with E-state index < -0.39 is 30.1 Å². The minimum Gasteiger partial charge on any atom is -0.439 e. The first-order valence-electron chi connectivity index (χ1n) is 8.48. The van der Waals surface area contributed by atoms with Crippen LogP contribution in [0.5, 0.6) is 11.6 Å². The third-order valence-electron chi connectivity index (χ3n) is 4.23. The molecule has 1 aromatic carbocycles. The molecule has 0 radical (unpaired) electrons. The summed E-state index contributed by atoms with van der Waals surface area (Å²) >= 11 is 5.37. The first kappa shape index (κ1) is 21.3. The van der Waals surface area contributed by atoms with Gasteiger partial charge in [-0.2, -0.15) is 13.2 Å². The van der Waals surface area contributed by atoms with Crippen LogP contribution in [0.2, 0.25) is 0 Å². The number of aromatic nitrogens is 1. The Kier molecular flexibility index (Phi) is 6.25. The van der Waals surface area contributed by atoms with Crippen molar-refractivity contribution in [1.29, 1.82) is 0 Å². The molecule has 1 aliphatic rings. The van der Waals surface area contributed by atoms with Gasteiger partial charge in [0.05, 0.1) is 6.54 Å².